The Bertz CT molecular complexity index is 1070. The van der Waals surface area contributed by atoms with Crippen molar-refractivity contribution in [3.63, 3.8) is 0 Å². The Labute approximate surface area is 185 Å². The first-order chi connectivity index (χ1) is 15.2. The van der Waals surface area contributed by atoms with Crippen molar-refractivity contribution in [2.24, 2.45) is 0 Å². The Hall–Kier alpha value is -3.38. The number of rotatable bonds is 7. The van der Waals surface area contributed by atoms with Gasteiger partial charge in [0.2, 0.25) is 0 Å². The molecule has 0 unspecified atom stereocenters. The Balaban J connectivity index is 1.27. The first-order valence-electron chi connectivity index (χ1n) is 10.1. The zero-order chi connectivity index (χ0) is 21.6. The number of alkyl carbamates (subject to hydrolysis) is 1. The fraction of sp³-hybridized carbons (Fsp3) is 0.200. The van der Waals surface area contributed by atoms with Crippen LogP contribution in [0, 0.1) is 0 Å². The van der Waals surface area contributed by atoms with Crippen LogP contribution >= 0.6 is 11.3 Å². The van der Waals surface area contributed by atoms with Gasteiger partial charge in [-0.15, -0.1) is 11.3 Å². The summed E-state index contributed by atoms with van der Waals surface area (Å²) in [7, 11) is 1.37. The van der Waals surface area contributed by atoms with Gasteiger partial charge in [0.1, 0.15) is 11.5 Å². The summed E-state index contributed by atoms with van der Waals surface area (Å²) in [6.07, 6.45) is 3.97. The molecule has 0 atom stereocenters. The first kappa shape index (κ1) is 20.9. The van der Waals surface area contributed by atoms with E-state index < -0.39 is 6.09 Å². The van der Waals surface area contributed by atoms with Crippen LogP contribution in [-0.4, -0.2) is 32.3 Å². The largest absolute Gasteiger partial charge is 0.465 e. The summed E-state index contributed by atoms with van der Waals surface area (Å²) in [6, 6.07) is 18.4. The van der Waals surface area contributed by atoms with Gasteiger partial charge in [-0.2, -0.15) is 0 Å². The third kappa shape index (κ3) is 4.54. The van der Waals surface area contributed by atoms with Crippen LogP contribution < -0.4 is 5.32 Å². The van der Waals surface area contributed by atoms with E-state index in [0.29, 0.717) is 24.4 Å². The molecule has 3 aromatic rings. The molecule has 0 bridgehead atoms. The molecule has 1 aromatic heterocycles. The van der Waals surface area contributed by atoms with E-state index >= 15 is 0 Å². The number of benzene rings is 2. The maximum atomic E-state index is 12.2. The molecule has 1 aliphatic carbocycles. The minimum atomic E-state index is -0.430. The summed E-state index contributed by atoms with van der Waals surface area (Å²) in [5.74, 6) is -0.292. The highest BCUT2D eigenvalue weighted by Gasteiger charge is 2.28. The molecule has 4 rings (SSSR count). The molecular formula is C25H23NO4S. The van der Waals surface area contributed by atoms with Crippen LogP contribution in [0.2, 0.25) is 0 Å². The molecule has 2 aromatic carbocycles. The van der Waals surface area contributed by atoms with Crippen molar-refractivity contribution >= 4 is 29.5 Å². The third-order valence-corrected chi connectivity index (χ3v) is 6.20. The number of thiophene rings is 1. The average molecular weight is 434 g/mol. The highest BCUT2D eigenvalue weighted by Crippen LogP contribution is 2.44. The average Bonchev–Trinajstić information content (AvgIpc) is 3.39. The van der Waals surface area contributed by atoms with Gasteiger partial charge in [0.15, 0.2) is 0 Å². The quantitative estimate of drug-likeness (QED) is 0.396. The maximum absolute atomic E-state index is 12.2. The summed E-state index contributed by atoms with van der Waals surface area (Å²) in [4.78, 5) is 24.4. The van der Waals surface area contributed by atoms with Crippen LogP contribution in [0.15, 0.2) is 66.1 Å². The zero-order valence-corrected chi connectivity index (χ0v) is 18.0. The van der Waals surface area contributed by atoms with Gasteiger partial charge >= 0.3 is 12.1 Å². The molecular weight excluding hydrogens is 410 g/mol. The predicted molar refractivity (Wildman–Crippen MR) is 122 cm³/mol. The molecule has 1 heterocycles. The van der Waals surface area contributed by atoms with E-state index in [1.807, 2.05) is 47.9 Å². The summed E-state index contributed by atoms with van der Waals surface area (Å²) >= 11 is 1.34. The van der Waals surface area contributed by atoms with Crippen molar-refractivity contribution < 1.29 is 19.1 Å². The Morgan fingerprint density at radius 1 is 1.03 bits per heavy atom. The number of hydrogen-bond donors (Lipinski definition) is 1. The second kappa shape index (κ2) is 9.62. The molecule has 5 nitrogen and oxygen atoms in total. The number of nitrogens with one attached hydrogen (secondary N) is 1. The minimum absolute atomic E-state index is 0.0494. The Morgan fingerprint density at radius 3 is 2.39 bits per heavy atom. The molecule has 1 aliphatic rings. The number of carbonyl (C=O) groups excluding carboxylic acids is 2. The van der Waals surface area contributed by atoms with E-state index in [9.17, 15) is 9.59 Å². The summed E-state index contributed by atoms with van der Waals surface area (Å²) in [5, 5.41) is 4.63. The highest BCUT2D eigenvalue weighted by atomic mass is 32.1. The fourth-order valence-electron chi connectivity index (χ4n) is 3.83. The van der Waals surface area contributed by atoms with Crippen LogP contribution in [0.4, 0.5) is 4.79 Å². The van der Waals surface area contributed by atoms with Crippen LogP contribution in [0.5, 0.6) is 0 Å². The lowest BCUT2D eigenvalue weighted by Gasteiger charge is -2.14. The van der Waals surface area contributed by atoms with Crippen LogP contribution in [-0.2, 0) is 9.47 Å². The van der Waals surface area contributed by atoms with Gasteiger partial charge in [-0.1, -0.05) is 60.7 Å². The van der Waals surface area contributed by atoms with Crippen molar-refractivity contribution in [3.8, 4) is 11.1 Å². The van der Waals surface area contributed by atoms with Gasteiger partial charge in [0, 0.05) is 12.5 Å². The van der Waals surface area contributed by atoms with E-state index in [1.165, 1.54) is 40.7 Å². The summed E-state index contributed by atoms with van der Waals surface area (Å²) < 4.78 is 10.3. The molecule has 1 amide bonds. The smallest absolute Gasteiger partial charge is 0.407 e. The Kier molecular flexibility index (Phi) is 6.48. The van der Waals surface area contributed by atoms with E-state index in [0.717, 1.165) is 5.56 Å². The number of ether oxygens (including phenoxy) is 2. The van der Waals surface area contributed by atoms with E-state index in [-0.39, 0.29) is 11.9 Å². The highest BCUT2D eigenvalue weighted by molar-refractivity contribution is 7.12. The monoisotopic (exact) mass is 433 g/mol. The van der Waals surface area contributed by atoms with Crippen LogP contribution in [0.1, 0.15) is 38.7 Å². The normalized spacial score (nSPS) is 12.4. The molecule has 0 spiro atoms. The lowest BCUT2D eigenvalue weighted by atomic mass is 9.98. The van der Waals surface area contributed by atoms with E-state index in [2.05, 4.69) is 29.6 Å². The SMILES string of the molecule is COC(=O)c1sccc1C=CCCNC(=O)OCC1c2ccccc2-c2ccccc21. The number of carbonyl (C=O) groups is 2. The number of fused-ring (bicyclic) bond motifs is 3. The number of amides is 1. The third-order valence-electron chi connectivity index (χ3n) is 5.29. The van der Waals surface area contributed by atoms with Crippen molar-refractivity contribution in [2.45, 2.75) is 12.3 Å². The zero-order valence-electron chi connectivity index (χ0n) is 17.2. The van der Waals surface area contributed by atoms with E-state index in [4.69, 9.17) is 9.47 Å². The van der Waals surface area contributed by atoms with Gasteiger partial charge < -0.3 is 14.8 Å². The second-order valence-corrected chi connectivity index (χ2v) is 8.06. The minimum Gasteiger partial charge on any atom is -0.465 e. The lowest BCUT2D eigenvalue weighted by Crippen LogP contribution is -2.26. The number of methoxy groups -OCH3 is 1. The Morgan fingerprint density at radius 2 is 1.71 bits per heavy atom. The molecule has 158 valence electrons. The van der Waals surface area contributed by atoms with Crippen molar-refractivity contribution in [1.29, 1.82) is 0 Å². The van der Waals surface area contributed by atoms with Crippen molar-refractivity contribution in [1.82, 2.24) is 5.32 Å². The lowest BCUT2D eigenvalue weighted by molar-refractivity contribution is 0.0606. The molecule has 31 heavy (non-hydrogen) atoms. The van der Waals surface area contributed by atoms with Gasteiger partial charge in [-0.3, -0.25) is 0 Å². The van der Waals surface area contributed by atoms with Gasteiger partial charge in [0.25, 0.3) is 0 Å². The van der Waals surface area contributed by atoms with Gasteiger partial charge in [0.05, 0.1) is 7.11 Å². The van der Waals surface area contributed by atoms with E-state index in [1.54, 1.807) is 0 Å². The molecule has 0 aliphatic heterocycles. The maximum Gasteiger partial charge on any atom is 0.407 e. The topological polar surface area (TPSA) is 64.6 Å². The molecule has 6 heteroatoms. The van der Waals surface area contributed by atoms with Gasteiger partial charge in [-0.25, -0.2) is 9.59 Å². The van der Waals surface area contributed by atoms with Gasteiger partial charge in [-0.05, 0) is 45.7 Å². The van der Waals surface area contributed by atoms with Crippen LogP contribution in [0.25, 0.3) is 17.2 Å². The fourth-order valence-corrected chi connectivity index (χ4v) is 4.63. The standard InChI is InChI=1S/C25H23NO4S/c1-29-24(27)23-17(13-15-31-23)8-6-7-14-26-25(28)30-16-22-20-11-4-2-9-18(20)19-10-3-5-12-21(19)22/h2-6,8-13,15,22H,7,14,16H2,1H3,(H,26,28). The van der Waals surface area contributed by atoms with Crippen molar-refractivity contribution in [3.05, 3.63) is 87.6 Å². The molecule has 0 saturated heterocycles. The summed E-state index contributed by atoms with van der Waals surface area (Å²) in [5.41, 5.74) is 5.61. The number of hydrogen-bond acceptors (Lipinski definition) is 5. The first-order valence-corrected chi connectivity index (χ1v) is 11.0. The molecule has 0 saturated carbocycles. The summed E-state index contributed by atoms with van der Waals surface area (Å²) in [6.45, 7) is 0.748. The second-order valence-electron chi connectivity index (χ2n) is 7.14. The van der Waals surface area contributed by atoms with Crippen molar-refractivity contribution in [2.75, 3.05) is 20.3 Å². The predicted octanol–water partition coefficient (Wildman–Crippen LogP) is 5.48. The molecule has 1 N–H and O–H groups in total. The molecule has 0 fully saturated rings. The number of esters is 1. The van der Waals surface area contributed by atoms with Crippen LogP contribution in [0.3, 0.4) is 0 Å². The molecule has 0 radical (unpaired) electrons.